The molecule has 0 saturated carbocycles. The van der Waals surface area contributed by atoms with Crippen molar-refractivity contribution in [2.24, 2.45) is 0 Å². The number of fused-ring (bicyclic) bond motifs is 1. The molecule has 0 atom stereocenters. The van der Waals surface area contributed by atoms with Crippen LogP contribution in [0.3, 0.4) is 0 Å². The van der Waals surface area contributed by atoms with Gasteiger partial charge in [0.15, 0.2) is 5.58 Å². The monoisotopic (exact) mass is 373 g/mol. The van der Waals surface area contributed by atoms with E-state index in [4.69, 9.17) is 4.42 Å². The minimum Gasteiger partial charge on any atom is -0.460 e. The van der Waals surface area contributed by atoms with Crippen molar-refractivity contribution < 1.29 is 9.21 Å². The van der Waals surface area contributed by atoms with Crippen molar-refractivity contribution in [3.63, 3.8) is 0 Å². The predicted molar refractivity (Wildman–Crippen MR) is 109 cm³/mol. The number of hydrogen-bond acceptors (Lipinski definition) is 3. The van der Waals surface area contributed by atoms with Gasteiger partial charge in [0.2, 0.25) is 0 Å². The summed E-state index contributed by atoms with van der Waals surface area (Å²) in [6, 6.07) is 18.0. The minimum absolute atomic E-state index is 0.105. The number of aromatic nitrogens is 2. The van der Waals surface area contributed by atoms with Crippen LogP contribution < -0.4 is 5.32 Å². The van der Waals surface area contributed by atoms with Crippen molar-refractivity contribution in [1.29, 1.82) is 0 Å². The summed E-state index contributed by atoms with van der Waals surface area (Å²) in [7, 11) is 0. The molecule has 0 unspecified atom stereocenters. The van der Waals surface area contributed by atoms with E-state index in [-0.39, 0.29) is 5.91 Å². The molecule has 1 aromatic carbocycles. The first-order valence-electron chi connectivity index (χ1n) is 9.43. The molecule has 142 valence electrons. The molecule has 5 nitrogen and oxygen atoms in total. The fraction of sp³-hybridized carbons (Fsp3) is 0.217. The van der Waals surface area contributed by atoms with Crippen LogP contribution >= 0.6 is 0 Å². The molecule has 1 N–H and O–H groups in total. The summed E-state index contributed by atoms with van der Waals surface area (Å²) in [4.78, 5) is 17.2. The lowest BCUT2D eigenvalue weighted by molar-refractivity contribution is 0.0945. The van der Waals surface area contributed by atoms with Crippen LogP contribution in [0, 0.1) is 13.8 Å². The van der Waals surface area contributed by atoms with Crippen molar-refractivity contribution in [1.82, 2.24) is 14.9 Å². The molecule has 28 heavy (non-hydrogen) atoms. The highest BCUT2D eigenvalue weighted by Crippen LogP contribution is 2.25. The number of carbonyl (C=O) groups is 1. The minimum atomic E-state index is -0.105. The molecular formula is C23H23N3O2. The molecule has 3 aromatic heterocycles. The molecule has 0 aliphatic rings. The highest BCUT2D eigenvalue weighted by molar-refractivity contribution is 5.97. The maximum absolute atomic E-state index is 12.9. The molecule has 0 bridgehead atoms. The standard InChI is InChI=1S/C23H23N3O2/c1-16-6-8-18(9-7-16)15-26-20-13-17(2)28-22(20)14-21(26)23(27)25-12-10-19-5-3-4-11-24-19/h3-9,11,13-14H,10,12,15H2,1-2H3,(H,25,27). The first-order valence-corrected chi connectivity index (χ1v) is 9.43. The second-order valence-corrected chi connectivity index (χ2v) is 7.03. The van der Waals surface area contributed by atoms with Gasteiger partial charge < -0.3 is 14.3 Å². The lowest BCUT2D eigenvalue weighted by atomic mass is 10.1. The zero-order valence-electron chi connectivity index (χ0n) is 16.1. The molecule has 0 radical (unpaired) electrons. The molecule has 0 saturated heterocycles. The molecule has 4 rings (SSSR count). The van der Waals surface area contributed by atoms with Gasteiger partial charge in [0.25, 0.3) is 5.91 Å². The first kappa shape index (κ1) is 18.0. The van der Waals surface area contributed by atoms with E-state index in [1.807, 2.05) is 41.8 Å². The van der Waals surface area contributed by atoms with E-state index in [0.717, 1.165) is 28.1 Å². The van der Waals surface area contributed by atoms with Gasteiger partial charge in [-0.25, -0.2) is 0 Å². The Morgan fingerprint density at radius 1 is 1.11 bits per heavy atom. The number of furan rings is 1. The second-order valence-electron chi connectivity index (χ2n) is 7.03. The van der Waals surface area contributed by atoms with Crippen molar-refractivity contribution >= 4 is 17.0 Å². The van der Waals surface area contributed by atoms with Crippen molar-refractivity contribution in [3.8, 4) is 0 Å². The van der Waals surface area contributed by atoms with Gasteiger partial charge in [0.05, 0.1) is 5.52 Å². The summed E-state index contributed by atoms with van der Waals surface area (Å²) in [5, 5.41) is 3.01. The fourth-order valence-electron chi connectivity index (χ4n) is 3.34. The van der Waals surface area contributed by atoms with E-state index in [2.05, 4.69) is 41.5 Å². The summed E-state index contributed by atoms with van der Waals surface area (Å²) >= 11 is 0. The maximum atomic E-state index is 12.9. The zero-order valence-corrected chi connectivity index (χ0v) is 16.1. The Labute approximate surface area is 164 Å². The summed E-state index contributed by atoms with van der Waals surface area (Å²) in [6.07, 6.45) is 2.46. The summed E-state index contributed by atoms with van der Waals surface area (Å²) in [5.41, 5.74) is 5.60. The summed E-state index contributed by atoms with van der Waals surface area (Å²) in [5.74, 6) is 0.733. The Hall–Kier alpha value is -3.34. The Kier molecular flexibility index (Phi) is 4.98. The van der Waals surface area contributed by atoms with Crippen LogP contribution in [-0.4, -0.2) is 22.0 Å². The van der Waals surface area contributed by atoms with Crippen LogP contribution in [0.1, 0.15) is 33.1 Å². The van der Waals surface area contributed by atoms with E-state index < -0.39 is 0 Å². The third-order valence-electron chi connectivity index (χ3n) is 4.80. The quantitative estimate of drug-likeness (QED) is 0.549. The average Bonchev–Trinajstić information content (AvgIpc) is 3.21. The third-order valence-corrected chi connectivity index (χ3v) is 4.80. The molecule has 1 amide bonds. The zero-order chi connectivity index (χ0) is 19.5. The predicted octanol–water partition coefficient (Wildman–Crippen LogP) is 4.27. The van der Waals surface area contributed by atoms with E-state index in [0.29, 0.717) is 25.2 Å². The van der Waals surface area contributed by atoms with Gasteiger partial charge >= 0.3 is 0 Å². The van der Waals surface area contributed by atoms with Crippen molar-refractivity contribution in [2.45, 2.75) is 26.8 Å². The van der Waals surface area contributed by atoms with Crippen LogP contribution in [0.2, 0.25) is 0 Å². The molecule has 0 aliphatic carbocycles. The third kappa shape index (κ3) is 3.83. The number of nitrogens with zero attached hydrogens (tertiary/aromatic N) is 2. The fourth-order valence-corrected chi connectivity index (χ4v) is 3.34. The molecule has 0 aliphatic heterocycles. The van der Waals surface area contributed by atoms with Crippen LogP contribution in [0.15, 0.2) is 65.2 Å². The van der Waals surface area contributed by atoms with Crippen LogP contribution in [0.4, 0.5) is 0 Å². The van der Waals surface area contributed by atoms with Gasteiger partial charge in [0.1, 0.15) is 11.5 Å². The second kappa shape index (κ2) is 7.72. The number of nitrogens with one attached hydrogen (secondary N) is 1. The van der Waals surface area contributed by atoms with Crippen LogP contribution in [0.5, 0.6) is 0 Å². The van der Waals surface area contributed by atoms with Crippen molar-refractivity contribution in [2.75, 3.05) is 6.54 Å². The van der Waals surface area contributed by atoms with Crippen LogP contribution in [0.25, 0.3) is 11.1 Å². The van der Waals surface area contributed by atoms with Gasteiger partial charge in [0, 0.05) is 43.5 Å². The Morgan fingerprint density at radius 2 is 1.93 bits per heavy atom. The molecule has 0 spiro atoms. The largest absolute Gasteiger partial charge is 0.460 e. The first-order chi connectivity index (χ1) is 13.6. The van der Waals surface area contributed by atoms with Gasteiger partial charge in [-0.05, 0) is 31.5 Å². The Bertz CT molecular complexity index is 1090. The highest BCUT2D eigenvalue weighted by Gasteiger charge is 2.18. The van der Waals surface area contributed by atoms with Gasteiger partial charge in [-0.1, -0.05) is 35.9 Å². The molecular weight excluding hydrogens is 350 g/mol. The van der Waals surface area contributed by atoms with Gasteiger partial charge in [-0.3, -0.25) is 9.78 Å². The van der Waals surface area contributed by atoms with Crippen LogP contribution in [-0.2, 0) is 13.0 Å². The maximum Gasteiger partial charge on any atom is 0.268 e. The molecule has 3 heterocycles. The van der Waals surface area contributed by atoms with E-state index in [1.54, 1.807) is 6.20 Å². The molecule has 4 aromatic rings. The lowest BCUT2D eigenvalue weighted by Crippen LogP contribution is -2.28. The van der Waals surface area contributed by atoms with E-state index in [9.17, 15) is 4.79 Å². The number of rotatable bonds is 6. The number of amides is 1. The summed E-state index contributed by atoms with van der Waals surface area (Å²) in [6.45, 7) is 5.14. The Balaban J connectivity index is 1.56. The molecule has 0 fully saturated rings. The van der Waals surface area contributed by atoms with Crippen molar-refractivity contribution in [3.05, 3.63) is 89.1 Å². The lowest BCUT2D eigenvalue weighted by Gasteiger charge is -2.11. The summed E-state index contributed by atoms with van der Waals surface area (Å²) < 4.78 is 7.78. The van der Waals surface area contributed by atoms with Gasteiger partial charge in [-0.15, -0.1) is 0 Å². The normalized spacial score (nSPS) is 11.1. The number of aryl methyl sites for hydroxylation is 2. The topological polar surface area (TPSA) is 60.1 Å². The number of carbonyl (C=O) groups excluding carboxylic acids is 1. The highest BCUT2D eigenvalue weighted by atomic mass is 16.3. The molecule has 5 heteroatoms. The average molecular weight is 373 g/mol. The van der Waals surface area contributed by atoms with E-state index in [1.165, 1.54) is 5.56 Å². The number of benzene rings is 1. The Morgan fingerprint density at radius 3 is 2.68 bits per heavy atom. The SMILES string of the molecule is Cc1ccc(Cn2c(C(=O)NCCc3ccccn3)cc3oc(C)cc32)cc1. The number of pyridine rings is 1. The van der Waals surface area contributed by atoms with E-state index >= 15 is 0 Å². The smallest absolute Gasteiger partial charge is 0.268 e. The number of hydrogen-bond donors (Lipinski definition) is 1. The van der Waals surface area contributed by atoms with Gasteiger partial charge in [-0.2, -0.15) is 0 Å².